The first-order valence-electron chi connectivity index (χ1n) is 6.72. The first kappa shape index (κ1) is 15.4. The van der Waals surface area contributed by atoms with Crippen molar-refractivity contribution in [3.8, 4) is 0 Å². The first-order valence-corrected chi connectivity index (χ1v) is 7.09. The Labute approximate surface area is 121 Å². The maximum Gasteiger partial charge on any atom is 0.392 e. The van der Waals surface area contributed by atoms with Gasteiger partial charge in [-0.05, 0) is 30.5 Å². The molecule has 20 heavy (non-hydrogen) atoms. The molecule has 1 aliphatic rings. The van der Waals surface area contributed by atoms with E-state index in [1.54, 1.807) is 24.3 Å². The molecule has 1 fully saturated rings. The van der Waals surface area contributed by atoms with Gasteiger partial charge in [0.2, 0.25) is 0 Å². The SMILES string of the molecule is O=C(Cc1ccc(Cl)cc1)C1CCCCC1C(F)(F)F. The highest BCUT2D eigenvalue weighted by Gasteiger charge is 2.47. The molecule has 5 heteroatoms. The van der Waals surface area contributed by atoms with E-state index < -0.39 is 18.0 Å². The molecule has 0 bridgehead atoms. The first-order chi connectivity index (χ1) is 9.38. The molecule has 0 heterocycles. The van der Waals surface area contributed by atoms with Gasteiger partial charge in [0, 0.05) is 17.4 Å². The molecule has 2 rings (SSSR count). The number of alkyl halides is 3. The summed E-state index contributed by atoms with van der Waals surface area (Å²) in [6, 6.07) is 6.66. The summed E-state index contributed by atoms with van der Waals surface area (Å²) in [6.07, 6.45) is -2.56. The van der Waals surface area contributed by atoms with Crippen LogP contribution in [0.4, 0.5) is 13.2 Å². The predicted octanol–water partition coefficient (Wildman–Crippen LogP) is 4.82. The molecule has 0 amide bonds. The molecule has 2 atom stereocenters. The fraction of sp³-hybridized carbons (Fsp3) is 0.533. The smallest absolute Gasteiger partial charge is 0.299 e. The highest BCUT2D eigenvalue weighted by molar-refractivity contribution is 6.30. The van der Waals surface area contributed by atoms with Crippen LogP contribution in [0.3, 0.4) is 0 Å². The second kappa shape index (κ2) is 6.17. The minimum atomic E-state index is -4.28. The standard InChI is InChI=1S/C15H16ClF3O/c16-11-7-5-10(6-8-11)9-14(20)12-3-1-2-4-13(12)15(17,18)19/h5-8,12-13H,1-4,9H2. The summed E-state index contributed by atoms with van der Waals surface area (Å²) in [5.74, 6) is -2.68. The summed E-state index contributed by atoms with van der Waals surface area (Å²) >= 11 is 5.75. The maximum absolute atomic E-state index is 13.0. The van der Waals surface area contributed by atoms with Crippen molar-refractivity contribution in [2.75, 3.05) is 0 Å². The Bertz CT molecular complexity index is 467. The Morgan fingerprint density at radius 2 is 1.75 bits per heavy atom. The number of rotatable bonds is 3. The van der Waals surface area contributed by atoms with E-state index in [9.17, 15) is 18.0 Å². The fourth-order valence-corrected chi connectivity index (χ4v) is 2.97. The number of hydrogen-bond donors (Lipinski definition) is 0. The summed E-state index contributed by atoms with van der Waals surface area (Å²) in [7, 11) is 0. The van der Waals surface area contributed by atoms with Gasteiger partial charge in [-0.3, -0.25) is 4.79 Å². The lowest BCUT2D eigenvalue weighted by atomic mass is 9.75. The molecule has 1 saturated carbocycles. The van der Waals surface area contributed by atoms with Gasteiger partial charge < -0.3 is 0 Å². The Hall–Kier alpha value is -1.03. The number of carbonyl (C=O) groups excluding carboxylic acids is 1. The quantitative estimate of drug-likeness (QED) is 0.782. The van der Waals surface area contributed by atoms with Gasteiger partial charge in [0.25, 0.3) is 0 Å². The molecular weight excluding hydrogens is 289 g/mol. The van der Waals surface area contributed by atoms with E-state index in [4.69, 9.17) is 11.6 Å². The largest absolute Gasteiger partial charge is 0.392 e. The lowest BCUT2D eigenvalue weighted by molar-refractivity contribution is -0.197. The van der Waals surface area contributed by atoms with E-state index in [-0.39, 0.29) is 18.6 Å². The third kappa shape index (κ3) is 3.75. The molecule has 2 unspecified atom stereocenters. The minimum absolute atomic E-state index is 0.0500. The lowest BCUT2D eigenvalue weighted by Gasteiger charge is -2.32. The molecule has 110 valence electrons. The number of carbonyl (C=O) groups is 1. The van der Waals surface area contributed by atoms with Crippen molar-refractivity contribution in [2.24, 2.45) is 11.8 Å². The summed E-state index contributed by atoms with van der Waals surface area (Å²) < 4.78 is 38.9. The summed E-state index contributed by atoms with van der Waals surface area (Å²) in [5.41, 5.74) is 0.714. The van der Waals surface area contributed by atoms with Gasteiger partial charge in [-0.2, -0.15) is 13.2 Å². The molecule has 1 nitrogen and oxygen atoms in total. The Morgan fingerprint density at radius 3 is 2.35 bits per heavy atom. The fourth-order valence-electron chi connectivity index (χ4n) is 2.84. The number of halogens is 4. The van der Waals surface area contributed by atoms with Gasteiger partial charge in [0.05, 0.1) is 5.92 Å². The van der Waals surface area contributed by atoms with E-state index in [0.717, 1.165) is 0 Å². The van der Waals surface area contributed by atoms with Crippen molar-refractivity contribution in [3.05, 3.63) is 34.9 Å². The van der Waals surface area contributed by atoms with E-state index in [1.165, 1.54) is 0 Å². The van der Waals surface area contributed by atoms with Crippen LogP contribution in [-0.2, 0) is 11.2 Å². The minimum Gasteiger partial charge on any atom is -0.299 e. The third-order valence-corrected chi connectivity index (χ3v) is 4.14. The van der Waals surface area contributed by atoms with Gasteiger partial charge in [-0.25, -0.2) is 0 Å². The van der Waals surface area contributed by atoms with Crippen molar-refractivity contribution in [3.63, 3.8) is 0 Å². The highest BCUT2D eigenvalue weighted by Crippen LogP contribution is 2.42. The van der Waals surface area contributed by atoms with Crippen molar-refractivity contribution >= 4 is 17.4 Å². The van der Waals surface area contributed by atoms with Crippen LogP contribution in [0.25, 0.3) is 0 Å². The Kier molecular flexibility index (Phi) is 4.74. The molecule has 1 aromatic carbocycles. The van der Waals surface area contributed by atoms with E-state index in [2.05, 4.69) is 0 Å². The predicted molar refractivity (Wildman–Crippen MR) is 71.7 cm³/mol. The van der Waals surface area contributed by atoms with Gasteiger partial charge >= 0.3 is 6.18 Å². The van der Waals surface area contributed by atoms with Crippen molar-refractivity contribution < 1.29 is 18.0 Å². The van der Waals surface area contributed by atoms with Crippen LogP contribution in [0.2, 0.25) is 5.02 Å². The molecule has 0 aliphatic heterocycles. The van der Waals surface area contributed by atoms with Gasteiger partial charge in [0.15, 0.2) is 0 Å². The maximum atomic E-state index is 13.0. The van der Waals surface area contributed by atoms with E-state index >= 15 is 0 Å². The van der Waals surface area contributed by atoms with Crippen molar-refractivity contribution in [1.29, 1.82) is 0 Å². The average Bonchev–Trinajstić information content (AvgIpc) is 2.40. The van der Waals surface area contributed by atoms with Crippen LogP contribution in [0.1, 0.15) is 31.2 Å². The second-order valence-corrected chi connectivity index (χ2v) is 5.75. The number of hydrogen-bond acceptors (Lipinski definition) is 1. The molecular formula is C15H16ClF3O. The zero-order valence-electron chi connectivity index (χ0n) is 10.9. The zero-order valence-corrected chi connectivity index (χ0v) is 11.7. The van der Waals surface area contributed by atoms with Crippen LogP contribution in [0.15, 0.2) is 24.3 Å². The number of Topliss-reactive ketones (excluding diaryl/α,β-unsaturated/α-hetero) is 1. The average molecular weight is 305 g/mol. The molecule has 0 radical (unpaired) electrons. The Morgan fingerprint density at radius 1 is 1.15 bits per heavy atom. The third-order valence-electron chi connectivity index (χ3n) is 3.89. The monoisotopic (exact) mass is 304 g/mol. The van der Waals surface area contributed by atoms with Crippen molar-refractivity contribution in [1.82, 2.24) is 0 Å². The second-order valence-electron chi connectivity index (χ2n) is 5.31. The van der Waals surface area contributed by atoms with Crippen molar-refractivity contribution in [2.45, 2.75) is 38.3 Å². The molecule has 1 aromatic rings. The van der Waals surface area contributed by atoms with E-state index in [1.807, 2.05) is 0 Å². The lowest BCUT2D eigenvalue weighted by Crippen LogP contribution is -2.37. The summed E-state index contributed by atoms with van der Waals surface area (Å²) in [6.45, 7) is 0. The van der Waals surface area contributed by atoms with Crippen LogP contribution in [0.5, 0.6) is 0 Å². The van der Waals surface area contributed by atoms with Crippen LogP contribution < -0.4 is 0 Å². The normalized spacial score (nSPS) is 23.6. The molecule has 1 aliphatic carbocycles. The zero-order chi connectivity index (χ0) is 14.8. The number of ketones is 1. The van der Waals surface area contributed by atoms with Gasteiger partial charge in [-0.1, -0.05) is 36.6 Å². The van der Waals surface area contributed by atoms with Crippen LogP contribution >= 0.6 is 11.6 Å². The Balaban J connectivity index is 2.08. The van der Waals surface area contributed by atoms with E-state index in [0.29, 0.717) is 29.8 Å². The molecule has 0 spiro atoms. The van der Waals surface area contributed by atoms with Crippen LogP contribution in [-0.4, -0.2) is 12.0 Å². The summed E-state index contributed by atoms with van der Waals surface area (Å²) in [5, 5.41) is 0.548. The molecule has 0 aromatic heterocycles. The molecule has 0 saturated heterocycles. The molecule has 0 N–H and O–H groups in total. The van der Waals surface area contributed by atoms with Gasteiger partial charge in [0.1, 0.15) is 5.78 Å². The topological polar surface area (TPSA) is 17.1 Å². The highest BCUT2D eigenvalue weighted by atomic mass is 35.5. The summed E-state index contributed by atoms with van der Waals surface area (Å²) in [4.78, 5) is 12.2. The van der Waals surface area contributed by atoms with Gasteiger partial charge in [-0.15, -0.1) is 0 Å². The number of benzene rings is 1. The van der Waals surface area contributed by atoms with Crippen LogP contribution in [0, 0.1) is 11.8 Å².